The second kappa shape index (κ2) is 21.1. The third-order valence-corrected chi connectivity index (χ3v) is 9.89. The van der Waals surface area contributed by atoms with Crippen LogP contribution in [0.25, 0.3) is 0 Å². The Hall–Kier alpha value is -3.77. The Labute approximate surface area is 323 Å². The molecule has 0 aromatic rings. The molecule has 9 unspecified atom stereocenters. The van der Waals surface area contributed by atoms with Crippen LogP contribution in [-0.2, 0) is 33.3 Å². The molecule has 13 N–H and O–H groups in total. The molecule has 0 spiro atoms. The first-order valence-electron chi connectivity index (χ1n) is 18.5. The Morgan fingerprint density at radius 3 is 2.52 bits per heavy atom. The lowest BCUT2D eigenvalue weighted by Crippen LogP contribution is -3.09. The van der Waals surface area contributed by atoms with E-state index in [2.05, 4.69) is 22.2 Å². The first kappa shape index (κ1) is 44.9. The van der Waals surface area contributed by atoms with Crippen molar-refractivity contribution < 1.29 is 79.0 Å². The van der Waals surface area contributed by atoms with Gasteiger partial charge in [0.25, 0.3) is 0 Å². The second-order valence-corrected chi connectivity index (χ2v) is 13.7. The third kappa shape index (κ3) is 11.0. The van der Waals surface area contributed by atoms with E-state index < -0.39 is 79.9 Å². The predicted molar refractivity (Wildman–Crippen MR) is 194 cm³/mol. The summed E-state index contributed by atoms with van der Waals surface area (Å²) < 4.78 is 29.3. The van der Waals surface area contributed by atoms with Crippen LogP contribution in [0.1, 0.15) is 32.1 Å². The van der Waals surface area contributed by atoms with Gasteiger partial charge in [0.15, 0.2) is 18.4 Å². The fourth-order valence-electron chi connectivity index (χ4n) is 6.84. The molecule has 0 radical (unpaired) electrons. The number of nitrogens with two attached hydrogens (primary N) is 1. The summed E-state index contributed by atoms with van der Waals surface area (Å²) in [6.07, 6.45) is 0.467. The molecular weight excluding hydrogens is 742 g/mol. The smallest absolute Gasteiger partial charge is 0.343 e. The number of ether oxygens (including phenoxy) is 5. The van der Waals surface area contributed by atoms with Crippen molar-refractivity contribution in [1.29, 1.82) is 0 Å². The summed E-state index contributed by atoms with van der Waals surface area (Å²) in [5.74, 6) is -7.05. The maximum absolute atomic E-state index is 13.8. The van der Waals surface area contributed by atoms with Crippen molar-refractivity contribution >= 4 is 17.9 Å². The van der Waals surface area contributed by atoms with Crippen LogP contribution < -0.4 is 21.3 Å². The molecule has 9 atom stereocenters. The van der Waals surface area contributed by atoms with Gasteiger partial charge in [0.1, 0.15) is 49.4 Å². The number of aliphatic hydroxyl groups excluding tert-OH is 5. The first-order valence-corrected chi connectivity index (χ1v) is 18.5. The summed E-state index contributed by atoms with van der Waals surface area (Å²) in [4.78, 5) is 31.0. The molecule has 1 saturated carbocycles. The fourth-order valence-corrected chi connectivity index (χ4v) is 6.84. The number of carbonyl (C=O) groups excluding carboxylic acids is 1. The standard InChI is InChI=1S/C36H55N5O15/c1-3-22-23(10-9-20-15-41(12-14-43)16-24(31(47)48)28(20)40-35(37)39-11-6-13-42)25(32(49)53-21-7-4-5-8-21)19-52-33(22)56-34-30(55-27(18-45)38-2)36(50,51)29(46)26(17-44)54-34/h3,9-10,16,19,21-23,26-27,29-30,33-34,38,42-46,50-51H,1,4-8,11-15,17-18H2,2H3,(H,47,48)(H3,37,39,40)/p+1. The summed E-state index contributed by atoms with van der Waals surface area (Å²) >= 11 is 0. The monoisotopic (exact) mass is 798 g/mol. The minimum atomic E-state index is -3.07. The highest BCUT2D eigenvalue weighted by Gasteiger charge is 2.58. The lowest BCUT2D eigenvalue weighted by atomic mass is 9.83. The number of guanidine groups is 1. The molecule has 314 valence electrons. The second-order valence-electron chi connectivity index (χ2n) is 13.7. The van der Waals surface area contributed by atoms with Gasteiger partial charge in [0.2, 0.25) is 12.1 Å². The van der Waals surface area contributed by atoms with E-state index in [1.807, 2.05) is 0 Å². The topological polar surface area (TPSA) is 309 Å². The molecule has 0 aromatic heterocycles. The SMILES string of the molecule is C=CC1C(OC2OC(CO)C(O)C(O)(O)C2OC(CO)NC)OC=C(C(=O)OC2CCCC2)C1C=CC1=C(NC(N)=NCCCO)C(C(=O)O)=C[NH+](CCO)C1. The van der Waals surface area contributed by atoms with E-state index in [1.54, 1.807) is 12.2 Å². The molecular formula is C36H56N5O15+. The van der Waals surface area contributed by atoms with E-state index >= 15 is 0 Å². The summed E-state index contributed by atoms with van der Waals surface area (Å²) in [5, 5.41) is 86.9. The largest absolute Gasteiger partial charge is 0.477 e. The van der Waals surface area contributed by atoms with Gasteiger partial charge in [-0.3, -0.25) is 10.3 Å². The average Bonchev–Trinajstić information content (AvgIpc) is 3.69. The molecule has 3 heterocycles. The van der Waals surface area contributed by atoms with Gasteiger partial charge < -0.3 is 80.5 Å². The number of quaternary nitrogens is 1. The molecule has 4 rings (SSSR count). The number of hydrogen-bond donors (Lipinski definition) is 12. The molecule has 20 heteroatoms. The molecule has 3 aliphatic heterocycles. The van der Waals surface area contributed by atoms with Crippen LogP contribution in [0.4, 0.5) is 0 Å². The van der Waals surface area contributed by atoms with Gasteiger partial charge in [-0.2, -0.15) is 0 Å². The molecule has 0 bridgehead atoms. The number of hydrogen-bond acceptors (Lipinski definition) is 16. The lowest BCUT2D eigenvalue weighted by molar-refractivity contribution is -0.843. The number of esters is 1. The summed E-state index contributed by atoms with van der Waals surface area (Å²) in [5.41, 5.74) is 6.50. The Bertz CT molecular complexity index is 1510. The van der Waals surface area contributed by atoms with Gasteiger partial charge in [-0.25, -0.2) is 9.59 Å². The van der Waals surface area contributed by atoms with Crippen molar-refractivity contribution in [3.63, 3.8) is 0 Å². The number of aliphatic imine (C=N–C) groups is 1. The van der Waals surface area contributed by atoms with Gasteiger partial charge in [-0.05, 0) is 39.2 Å². The Kier molecular flexibility index (Phi) is 16.9. The van der Waals surface area contributed by atoms with E-state index in [4.69, 9.17) is 34.5 Å². The lowest BCUT2D eigenvalue weighted by Gasteiger charge is -2.48. The number of aliphatic carboxylic acids is 1. The molecule has 2 fully saturated rings. The van der Waals surface area contributed by atoms with Crippen LogP contribution in [0.2, 0.25) is 0 Å². The quantitative estimate of drug-likeness (QED) is 0.0147. The molecule has 20 nitrogen and oxygen atoms in total. The molecule has 0 amide bonds. The van der Waals surface area contributed by atoms with Gasteiger partial charge >= 0.3 is 11.9 Å². The maximum atomic E-state index is 13.8. The normalized spacial score (nSPS) is 30.4. The Balaban J connectivity index is 1.77. The van der Waals surface area contributed by atoms with E-state index in [1.165, 1.54) is 19.3 Å². The maximum Gasteiger partial charge on any atom is 0.343 e. The summed E-state index contributed by atoms with van der Waals surface area (Å²) in [6.45, 7) is 2.58. The van der Waals surface area contributed by atoms with Crippen molar-refractivity contribution in [3.8, 4) is 0 Å². The molecule has 4 aliphatic rings. The van der Waals surface area contributed by atoms with Crippen molar-refractivity contribution in [2.24, 2.45) is 22.6 Å². The third-order valence-electron chi connectivity index (χ3n) is 9.89. The van der Waals surface area contributed by atoms with E-state index in [-0.39, 0.29) is 61.8 Å². The molecule has 1 saturated heterocycles. The van der Waals surface area contributed by atoms with Gasteiger partial charge in [0.05, 0.1) is 43.3 Å². The minimum Gasteiger partial charge on any atom is -0.477 e. The van der Waals surface area contributed by atoms with Crippen LogP contribution in [-0.4, -0.2) is 161 Å². The summed E-state index contributed by atoms with van der Waals surface area (Å²) in [6, 6.07) is 0. The van der Waals surface area contributed by atoms with Gasteiger partial charge in [0, 0.05) is 24.6 Å². The zero-order valence-corrected chi connectivity index (χ0v) is 31.2. The van der Waals surface area contributed by atoms with Crippen molar-refractivity contribution in [2.75, 3.05) is 53.1 Å². The van der Waals surface area contributed by atoms with Crippen molar-refractivity contribution in [3.05, 3.63) is 59.7 Å². The van der Waals surface area contributed by atoms with E-state index in [0.717, 1.165) is 19.1 Å². The van der Waals surface area contributed by atoms with E-state index in [9.17, 15) is 45.3 Å². The van der Waals surface area contributed by atoms with Gasteiger partial charge in [-0.15, -0.1) is 6.58 Å². The van der Waals surface area contributed by atoms with Gasteiger partial charge in [-0.1, -0.05) is 18.2 Å². The number of carboxylic acid groups (broad SMARTS) is 1. The number of likely N-dealkylation sites (N-methyl/N-ethyl adjacent to an activating group) is 1. The summed E-state index contributed by atoms with van der Waals surface area (Å²) in [7, 11) is 1.43. The van der Waals surface area contributed by atoms with Crippen molar-refractivity contribution in [1.82, 2.24) is 10.6 Å². The highest BCUT2D eigenvalue weighted by Crippen LogP contribution is 2.39. The highest BCUT2D eigenvalue weighted by atomic mass is 16.8. The Morgan fingerprint density at radius 2 is 1.91 bits per heavy atom. The minimum absolute atomic E-state index is 0.0534. The van der Waals surface area contributed by atoms with Crippen LogP contribution in [0.3, 0.4) is 0 Å². The predicted octanol–water partition coefficient (Wildman–Crippen LogP) is -4.21. The van der Waals surface area contributed by atoms with Crippen molar-refractivity contribution in [2.45, 2.75) is 81.1 Å². The van der Waals surface area contributed by atoms with Crippen LogP contribution in [0.15, 0.2) is 64.7 Å². The van der Waals surface area contributed by atoms with Crippen LogP contribution in [0, 0.1) is 11.8 Å². The number of carbonyl (C=O) groups is 2. The highest BCUT2D eigenvalue weighted by molar-refractivity contribution is 5.94. The fraction of sp³-hybridized carbons (Fsp3) is 0.639. The number of carboxylic acids is 1. The number of nitrogens with zero attached hydrogens (tertiary/aromatic N) is 1. The van der Waals surface area contributed by atoms with Crippen LogP contribution >= 0.6 is 0 Å². The Morgan fingerprint density at radius 1 is 1.18 bits per heavy atom. The number of rotatable bonds is 19. The zero-order chi connectivity index (χ0) is 41.0. The number of allylic oxidation sites excluding steroid dienone is 1. The molecule has 56 heavy (non-hydrogen) atoms. The number of aliphatic hydroxyl groups is 7. The van der Waals surface area contributed by atoms with E-state index in [0.29, 0.717) is 29.7 Å². The zero-order valence-electron chi connectivity index (χ0n) is 31.2. The first-order chi connectivity index (χ1) is 26.8. The van der Waals surface area contributed by atoms with Crippen LogP contribution in [0.5, 0.6) is 0 Å². The number of nitrogens with one attached hydrogen (secondary N) is 3. The molecule has 0 aromatic carbocycles. The molecule has 1 aliphatic carbocycles. The average molecular weight is 799 g/mol.